The van der Waals surface area contributed by atoms with Gasteiger partial charge in [0.05, 0.1) is 0 Å². The van der Waals surface area contributed by atoms with Crippen LogP contribution in [0.1, 0.15) is 53.4 Å². The average Bonchev–Trinajstić information content (AvgIpc) is 2.30. The molecular weight excluding hydrogens is 269 g/mol. The largest absolute Gasteiger partial charge is 0.412 e. The summed E-state index contributed by atoms with van der Waals surface area (Å²) < 4.78 is 41.4. The van der Waals surface area contributed by atoms with Gasteiger partial charge in [-0.25, -0.2) is 13.2 Å². The molecule has 0 aromatic heterocycles. The standard InChI is InChI=1S/C14H23F3.CH4.2H2O/c1-8-3-5-10(7-12(8)15)11-6-4-9(2)13(16)14(11)17;;;/h8-14H,3-7H2,1-2H3;1H4;2*1H2. The third kappa shape index (κ3) is 4.35. The van der Waals surface area contributed by atoms with E-state index in [1.807, 2.05) is 6.92 Å². The molecule has 4 N–H and O–H groups in total. The molecule has 0 aromatic rings. The fourth-order valence-electron chi connectivity index (χ4n) is 3.51. The van der Waals surface area contributed by atoms with E-state index in [4.69, 9.17) is 0 Å². The van der Waals surface area contributed by atoms with Gasteiger partial charge < -0.3 is 11.0 Å². The summed E-state index contributed by atoms with van der Waals surface area (Å²) >= 11 is 0. The molecule has 5 heteroatoms. The van der Waals surface area contributed by atoms with Crippen molar-refractivity contribution in [1.29, 1.82) is 0 Å². The van der Waals surface area contributed by atoms with Gasteiger partial charge in [-0.15, -0.1) is 0 Å². The Morgan fingerprint density at radius 1 is 0.750 bits per heavy atom. The molecule has 2 aliphatic rings. The lowest BCUT2D eigenvalue weighted by molar-refractivity contribution is -0.0172. The van der Waals surface area contributed by atoms with Gasteiger partial charge in [0.2, 0.25) is 0 Å². The molecular formula is C15H31F3O2. The van der Waals surface area contributed by atoms with Gasteiger partial charge >= 0.3 is 0 Å². The van der Waals surface area contributed by atoms with Gasteiger partial charge in [0, 0.05) is 0 Å². The van der Waals surface area contributed by atoms with Gasteiger partial charge in [-0.3, -0.25) is 0 Å². The first-order chi connectivity index (χ1) is 8.00. The lowest BCUT2D eigenvalue weighted by Crippen LogP contribution is -2.42. The van der Waals surface area contributed by atoms with Crippen LogP contribution in [0, 0.1) is 23.7 Å². The number of hydrogen-bond acceptors (Lipinski definition) is 0. The zero-order valence-corrected chi connectivity index (χ0v) is 11.7. The molecule has 0 aromatic carbocycles. The molecule has 0 radical (unpaired) electrons. The summed E-state index contributed by atoms with van der Waals surface area (Å²) in [7, 11) is 0. The van der Waals surface area contributed by atoms with Gasteiger partial charge in [-0.2, -0.15) is 0 Å². The fourth-order valence-corrected chi connectivity index (χ4v) is 3.51. The second kappa shape index (κ2) is 8.88. The smallest absolute Gasteiger partial charge is 0.134 e. The Bertz CT molecular complexity index is 266. The van der Waals surface area contributed by atoms with Crippen LogP contribution in [0.25, 0.3) is 0 Å². The Morgan fingerprint density at radius 2 is 1.30 bits per heavy atom. The maximum Gasteiger partial charge on any atom is 0.134 e. The highest BCUT2D eigenvalue weighted by atomic mass is 19.2. The highest BCUT2D eigenvalue weighted by molar-refractivity contribution is 4.92. The van der Waals surface area contributed by atoms with Gasteiger partial charge in [0.15, 0.2) is 0 Å². The molecule has 124 valence electrons. The van der Waals surface area contributed by atoms with Crippen molar-refractivity contribution in [2.24, 2.45) is 23.7 Å². The van der Waals surface area contributed by atoms with E-state index in [-0.39, 0.29) is 42.1 Å². The first-order valence-electron chi connectivity index (χ1n) is 6.93. The monoisotopic (exact) mass is 300 g/mol. The minimum absolute atomic E-state index is 0. The second-order valence-electron chi connectivity index (χ2n) is 6.17. The molecule has 0 heterocycles. The van der Waals surface area contributed by atoms with Crippen molar-refractivity contribution in [3.8, 4) is 0 Å². The van der Waals surface area contributed by atoms with Crippen LogP contribution in [-0.4, -0.2) is 29.5 Å². The first kappa shape index (κ1) is 22.0. The first-order valence-corrected chi connectivity index (χ1v) is 6.93. The molecule has 7 atom stereocenters. The van der Waals surface area contributed by atoms with Crippen molar-refractivity contribution >= 4 is 0 Å². The topological polar surface area (TPSA) is 63.0 Å². The summed E-state index contributed by atoms with van der Waals surface area (Å²) in [5, 5.41) is 0. The fraction of sp³-hybridized carbons (Fsp3) is 1.00. The SMILES string of the molecule is C.CC1CCC(C2CCC(C)C(F)C2F)CC1F.O.O. The van der Waals surface area contributed by atoms with E-state index in [1.54, 1.807) is 6.92 Å². The minimum atomic E-state index is -1.37. The average molecular weight is 300 g/mol. The zero-order valence-electron chi connectivity index (χ0n) is 11.7. The second-order valence-corrected chi connectivity index (χ2v) is 6.17. The number of rotatable bonds is 1. The molecule has 0 saturated heterocycles. The van der Waals surface area contributed by atoms with Crippen molar-refractivity contribution in [2.75, 3.05) is 0 Å². The normalized spacial score (nSPS) is 44.5. The highest BCUT2D eigenvalue weighted by Gasteiger charge is 2.43. The predicted molar refractivity (Wildman–Crippen MR) is 77.0 cm³/mol. The van der Waals surface area contributed by atoms with Crippen LogP contribution < -0.4 is 0 Å². The summed E-state index contributed by atoms with van der Waals surface area (Å²) in [5.74, 6) is -0.271. The van der Waals surface area contributed by atoms with Crippen molar-refractivity contribution in [1.82, 2.24) is 0 Å². The Kier molecular flexibility index (Phi) is 9.77. The van der Waals surface area contributed by atoms with Crippen molar-refractivity contribution < 1.29 is 24.1 Å². The molecule has 2 saturated carbocycles. The molecule has 7 unspecified atom stereocenters. The molecule has 0 bridgehead atoms. The summed E-state index contributed by atoms with van der Waals surface area (Å²) in [5.41, 5.74) is 0. The van der Waals surface area contributed by atoms with Crippen LogP contribution in [0.2, 0.25) is 0 Å². The molecule has 0 amide bonds. The van der Waals surface area contributed by atoms with Crippen LogP contribution in [0.15, 0.2) is 0 Å². The summed E-state index contributed by atoms with van der Waals surface area (Å²) in [4.78, 5) is 0. The summed E-state index contributed by atoms with van der Waals surface area (Å²) in [6, 6.07) is 0. The van der Waals surface area contributed by atoms with Gasteiger partial charge in [0.1, 0.15) is 18.5 Å². The molecule has 0 aliphatic heterocycles. The Hall–Kier alpha value is -0.290. The van der Waals surface area contributed by atoms with E-state index in [0.29, 0.717) is 6.42 Å². The van der Waals surface area contributed by atoms with Crippen LogP contribution in [0.5, 0.6) is 0 Å². The molecule has 2 nitrogen and oxygen atoms in total. The van der Waals surface area contributed by atoms with E-state index in [0.717, 1.165) is 25.7 Å². The lowest BCUT2D eigenvalue weighted by Gasteiger charge is -2.41. The van der Waals surface area contributed by atoms with Crippen LogP contribution in [-0.2, 0) is 0 Å². The molecule has 2 fully saturated rings. The Labute approximate surface area is 120 Å². The van der Waals surface area contributed by atoms with E-state index in [9.17, 15) is 13.2 Å². The molecule has 2 rings (SSSR count). The van der Waals surface area contributed by atoms with Crippen molar-refractivity contribution in [3.05, 3.63) is 0 Å². The van der Waals surface area contributed by atoms with Crippen molar-refractivity contribution in [3.63, 3.8) is 0 Å². The molecule has 2 aliphatic carbocycles. The van der Waals surface area contributed by atoms with Crippen LogP contribution in [0.3, 0.4) is 0 Å². The van der Waals surface area contributed by atoms with E-state index >= 15 is 0 Å². The van der Waals surface area contributed by atoms with E-state index in [1.165, 1.54) is 0 Å². The Morgan fingerprint density at radius 3 is 1.85 bits per heavy atom. The maximum absolute atomic E-state index is 14.0. The third-order valence-electron chi connectivity index (χ3n) is 4.96. The van der Waals surface area contributed by atoms with Crippen molar-refractivity contribution in [2.45, 2.75) is 71.9 Å². The lowest BCUT2D eigenvalue weighted by atomic mass is 9.68. The number of alkyl halides is 3. The highest BCUT2D eigenvalue weighted by Crippen LogP contribution is 2.44. The quantitative estimate of drug-likeness (QED) is 0.712. The van der Waals surface area contributed by atoms with Gasteiger partial charge in [-0.1, -0.05) is 21.3 Å². The molecule has 20 heavy (non-hydrogen) atoms. The third-order valence-corrected chi connectivity index (χ3v) is 4.96. The van der Waals surface area contributed by atoms with Gasteiger partial charge in [0.25, 0.3) is 0 Å². The minimum Gasteiger partial charge on any atom is -0.412 e. The molecule has 0 spiro atoms. The number of hydrogen-bond donors (Lipinski definition) is 0. The summed E-state index contributed by atoms with van der Waals surface area (Å²) in [6.45, 7) is 3.68. The summed E-state index contributed by atoms with van der Waals surface area (Å²) in [6.07, 6.45) is 0.0702. The maximum atomic E-state index is 14.0. The van der Waals surface area contributed by atoms with Crippen LogP contribution in [0.4, 0.5) is 13.2 Å². The van der Waals surface area contributed by atoms with E-state index < -0.39 is 18.5 Å². The van der Waals surface area contributed by atoms with Gasteiger partial charge in [-0.05, 0) is 55.8 Å². The van der Waals surface area contributed by atoms with Crippen LogP contribution >= 0.6 is 0 Å². The van der Waals surface area contributed by atoms with E-state index in [2.05, 4.69) is 0 Å². The Balaban J connectivity index is 0. The zero-order chi connectivity index (χ0) is 12.6. The predicted octanol–water partition coefficient (Wildman–Crippen LogP) is 3.47. The number of halogens is 3.